The maximum absolute atomic E-state index is 12.6. The number of hydrogen-bond acceptors (Lipinski definition) is 3. The van der Waals surface area contributed by atoms with Crippen molar-refractivity contribution < 1.29 is 13.2 Å². The quantitative estimate of drug-likeness (QED) is 0.812. The van der Waals surface area contributed by atoms with E-state index in [9.17, 15) is 13.2 Å². The van der Waals surface area contributed by atoms with Gasteiger partial charge in [0.25, 0.3) is 15.9 Å². The van der Waals surface area contributed by atoms with Crippen LogP contribution in [0.2, 0.25) is 0 Å². The first-order valence-corrected chi connectivity index (χ1v) is 10.8. The standard InChI is InChI=1S/C21H26N2O3S/c1-15-10-12-19(13-11-15)27(25,26)23-18-8-5-7-17(14-18)21(24)22-20-9-4-3-6-16(20)2/h5,7-8,10-14,16,20,23H,3-4,6,9H2,1-2H3,(H,22,24)/t16-,20+/m1/s1. The molecular formula is C21H26N2O3S. The number of sulfonamides is 1. The SMILES string of the molecule is Cc1ccc(S(=O)(=O)Nc2cccc(C(=O)N[C@H]3CCCC[C@H]3C)c2)cc1. The monoisotopic (exact) mass is 386 g/mol. The van der Waals surface area contributed by atoms with Crippen LogP contribution in [0.1, 0.15) is 48.5 Å². The Kier molecular flexibility index (Phi) is 5.85. The maximum Gasteiger partial charge on any atom is 0.261 e. The molecule has 3 rings (SSSR count). The Morgan fingerprint density at radius 1 is 1.04 bits per heavy atom. The van der Waals surface area contributed by atoms with E-state index in [-0.39, 0.29) is 16.8 Å². The molecule has 0 bridgehead atoms. The van der Waals surface area contributed by atoms with Crippen LogP contribution in [0.15, 0.2) is 53.4 Å². The second-order valence-corrected chi connectivity index (χ2v) is 9.02. The topological polar surface area (TPSA) is 75.3 Å². The van der Waals surface area contributed by atoms with E-state index in [1.807, 2.05) is 6.92 Å². The van der Waals surface area contributed by atoms with Crippen molar-refractivity contribution in [1.29, 1.82) is 0 Å². The minimum Gasteiger partial charge on any atom is -0.349 e. The van der Waals surface area contributed by atoms with Crippen molar-refractivity contribution in [3.05, 3.63) is 59.7 Å². The molecule has 2 atom stereocenters. The van der Waals surface area contributed by atoms with E-state index in [0.717, 1.165) is 24.8 Å². The van der Waals surface area contributed by atoms with Crippen LogP contribution >= 0.6 is 0 Å². The van der Waals surface area contributed by atoms with Gasteiger partial charge in [0.1, 0.15) is 0 Å². The molecule has 0 heterocycles. The normalized spacial score (nSPS) is 20.1. The largest absolute Gasteiger partial charge is 0.349 e. The highest BCUT2D eigenvalue weighted by Crippen LogP contribution is 2.24. The summed E-state index contributed by atoms with van der Waals surface area (Å²) >= 11 is 0. The number of carbonyl (C=O) groups excluding carboxylic acids is 1. The Bertz CT molecular complexity index is 907. The first kappa shape index (κ1) is 19.4. The molecule has 0 aliphatic heterocycles. The van der Waals surface area contributed by atoms with Gasteiger partial charge in [-0.1, -0.05) is 43.5 Å². The minimum atomic E-state index is -3.69. The average molecular weight is 387 g/mol. The number of aryl methyl sites for hydroxylation is 1. The van der Waals surface area contributed by atoms with Crippen molar-refractivity contribution >= 4 is 21.6 Å². The number of nitrogens with one attached hydrogen (secondary N) is 2. The lowest BCUT2D eigenvalue weighted by atomic mass is 9.86. The van der Waals surface area contributed by atoms with Crippen LogP contribution in [-0.2, 0) is 10.0 Å². The van der Waals surface area contributed by atoms with Gasteiger partial charge in [-0.15, -0.1) is 0 Å². The van der Waals surface area contributed by atoms with Gasteiger partial charge in [0.2, 0.25) is 0 Å². The molecule has 2 N–H and O–H groups in total. The number of rotatable bonds is 5. The van der Waals surface area contributed by atoms with E-state index in [4.69, 9.17) is 0 Å². The predicted octanol–water partition coefficient (Wildman–Crippen LogP) is 4.10. The van der Waals surface area contributed by atoms with Crippen molar-refractivity contribution in [3.63, 3.8) is 0 Å². The van der Waals surface area contributed by atoms with Crippen molar-refractivity contribution in [2.45, 2.75) is 50.5 Å². The molecule has 1 amide bonds. The van der Waals surface area contributed by atoms with Crippen molar-refractivity contribution in [3.8, 4) is 0 Å². The summed E-state index contributed by atoms with van der Waals surface area (Å²) < 4.78 is 27.6. The molecule has 2 aromatic rings. The molecule has 0 radical (unpaired) electrons. The molecule has 1 aliphatic rings. The molecule has 144 valence electrons. The van der Waals surface area contributed by atoms with Crippen LogP contribution in [0.3, 0.4) is 0 Å². The number of amides is 1. The van der Waals surface area contributed by atoms with E-state index < -0.39 is 10.0 Å². The summed E-state index contributed by atoms with van der Waals surface area (Å²) in [6, 6.07) is 13.4. The van der Waals surface area contributed by atoms with Crippen LogP contribution < -0.4 is 10.0 Å². The van der Waals surface area contributed by atoms with Crippen molar-refractivity contribution in [2.75, 3.05) is 4.72 Å². The molecule has 1 saturated carbocycles. The highest BCUT2D eigenvalue weighted by Gasteiger charge is 2.23. The van der Waals surface area contributed by atoms with E-state index >= 15 is 0 Å². The van der Waals surface area contributed by atoms with Gasteiger partial charge in [-0.2, -0.15) is 0 Å². The first-order valence-electron chi connectivity index (χ1n) is 9.35. The Morgan fingerprint density at radius 2 is 1.74 bits per heavy atom. The van der Waals surface area contributed by atoms with E-state index in [1.165, 1.54) is 6.42 Å². The zero-order chi connectivity index (χ0) is 19.4. The fourth-order valence-corrected chi connectivity index (χ4v) is 4.49. The Morgan fingerprint density at radius 3 is 2.44 bits per heavy atom. The lowest BCUT2D eigenvalue weighted by molar-refractivity contribution is 0.0910. The van der Waals surface area contributed by atoms with Gasteiger partial charge in [0.05, 0.1) is 4.90 Å². The summed E-state index contributed by atoms with van der Waals surface area (Å²) in [5.74, 6) is 0.302. The fourth-order valence-electron chi connectivity index (χ4n) is 3.44. The second kappa shape index (κ2) is 8.13. The average Bonchev–Trinajstić information content (AvgIpc) is 2.64. The molecule has 6 heteroatoms. The zero-order valence-electron chi connectivity index (χ0n) is 15.7. The lowest BCUT2D eigenvalue weighted by Gasteiger charge is -2.29. The number of hydrogen-bond donors (Lipinski definition) is 2. The molecule has 1 aliphatic carbocycles. The minimum absolute atomic E-state index is 0.162. The highest BCUT2D eigenvalue weighted by atomic mass is 32.2. The molecule has 5 nitrogen and oxygen atoms in total. The lowest BCUT2D eigenvalue weighted by Crippen LogP contribution is -2.41. The van der Waals surface area contributed by atoms with E-state index in [2.05, 4.69) is 17.0 Å². The Labute approximate surface area is 161 Å². The third-order valence-corrected chi connectivity index (χ3v) is 6.53. The molecule has 0 unspecified atom stereocenters. The number of anilines is 1. The third kappa shape index (κ3) is 4.89. The number of benzene rings is 2. The van der Waals surface area contributed by atoms with E-state index in [0.29, 0.717) is 17.2 Å². The maximum atomic E-state index is 12.6. The van der Waals surface area contributed by atoms with Crippen molar-refractivity contribution in [2.24, 2.45) is 5.92 Å². The summed E-state index contributed by atoms with van der Waals surface area (Å²) in [6.07, 6.45) is 4.46. The Hall–Kier alpha value is -2.34. The summed E-state index contributed by atoms with van der Waals surface area (Å²) in [7, 11) is -3.69. The molecule has 0 spiro atoms. The molecule has 2 aromatic carbocycles. The molecular weight excluding hydrogens is 360 g/mol. The fraction of sp³-hybridized carbons (Fsp3) is 0.381. The van der Waals surface area contributed by atoms with Gasteiger partial charge in [-0.05, 0) is 56.0 Å². The molecule has 0 aromatic heterocycles. The third-order valence-electron chi connectivity index (χ3n) is 5.14. The smallest absolute Gasteiger partial charge is 0.261 e. The van der Waals surface area contributed by atoms with Crippen LogP contribution in [0.5, 0.6) is 0 Å². The van der Waals surface area contributed by atoms with Crippen LogP contribution in [0.25, 0.3) is 0 Å². The van der Waals surface area contributed by atoms with Gasteiger partial charge in [-0.3, -0.25) is 9.52 Å². The molecule has 27 heavy (non-hydrogen) atoms. The predicted molar refractivity (Wildman–Crippen MR) is 107 cm³/mol. The van der Waals surface area contributed by atoms with Gasteiger partial charge in [0, 0.05) is 17.3 Å². The van der Waals surface area contributed by atoms with Crippen LogP contribution in [0.4, 0.5) is 5.69 Å². The van der Waals surface area contributed by atoms with Gasteiger partial charge in [0.15, 0.2) is 0 Å². The summed E-state index contributed by atoms with van der Waals surface area (Å²) in [5.41, 5.74) is 1.82. The molecule has 0 saturated heterocycles. The van der Waals surface area contributed by atoms with E-state index in [1.54, 1.807) is 48.5 Å². The summed E-state index contributed by atoms with van der Waals surface area (Å²) in [5, 5.41) is 3.10. The van der Waals surface area contributed by atoms with Crippen LogP contribution in [-0.4, -0.2) is 20.4 Å². The van der Waals surface area contributed by atoms with Crippen LogP contribution in [0, 0.1) is 12.8 Å². The number of carbonyl (C=O) groups is 1. The van der Waals surface area contributed by atoms with Gasteiger partial charge in [-0.25, -0.2) is 8.42 Å². The Balaban J connectivity index is 1.73. The first-order chi connectivity index (χ1) is 12.8. The summed E-state index contributed by atoms with van der Waals surface area (Å²) in [4.78, 5) is 12.8. The molecule has 1 fully saturated rings. The summed E-state index contributed by atoms with van der Waals surface area (Å²) in [6.45, 7) is 4.06. The van der Waals surface area contributed by atoms with Gasteiger partial charge < -0.3 is 5.32 Å². The second-order valence-electron chi connectivity index (χ2n) is 7.34. The van der Waals surface area contributed by atoms with Gasteiger partial charge >= 0.3 is 0 Å². The van der Waals surface area contributed by atoms with Crippen molar-refractivity contribution in [1.82, 2.24) is 5.32 Å². The highest BCUT2D eigenvalue weighted by molar-refractivity contribution is 7.92. The zero-order valence-corrected chi connectivity index (χ0v) is 16.6.